The molecule has 0 bridgehead atoms. The molecule has 0 aromatic heterocycles. The Kier molecular flexibility index (Phi) is 5.86. The summed E-state index contributed by atoms with van der Waals surface area (Å²) >= 11 is 6.04. The highest BCUT2D eigenvalue weighted by Gasteiger charge is 2.21. The summed E-state index contributed by atoms with van der Waals surface area (Å²) in [5, 5.41) is 3.47. The van der Waals surface area contributed by atoms with Crippen molar-refractivity contribution in [2.24, 2.45) is 0 Å². The molecule has 1 N–H and O–H groups in total. The molecule has 1 amide bonds. The monoisotopic (exact) mass is 294 g/mol. The lowest BCUT2D eigenvalue weighted by Gasteiger charge is -2.27. The molecule has 2 rings (SSSR count). The molecule has 0 aliphatic heterocycles. The fourth-order valence-electron chi connectivity index (χ4n) is 2.89. The van der Waals surface area contributed by atoms with Gasteiger partial charge in [0.05, 0.1) is 10.7 Å². The van der Waals surface area contributed by atoms with E-state index < -0.39 is 0 Å². The second kappa shape index (κ2) is 7.65. The Balaban J connectivity index is 1.80. The van der Waals surface area contributed by atoms with E-state index in [4.69, 9.17) is 11.6 Å². The Labute approximate surface area is 126 Å². The van der Waals surface area contributed by atoms with Gasteiger partial charge in [0.1, 0.15) is 0 Å². The molecule has 4 heteroatoms. The normalized spacial score (nSPS) is 15.8. The SMILES string of the molecule is CCN(CCC(=O)Nc1ccccc1Cl)C1CCCC1. The Bertz CT molecular complexity index is 444. The van der Waals surface area contributed by atoms with Crippen LogP contribution in [-0.4, -0.2) is 29.9 Å². The van der Waals surface area contributed by atoms with Crippen LogP contribution in [-0.2, 0) is 4.79 Å². The van der Waals surface area contributed by atoms with Crippen LogP contribution in [0.25, 0.3) is 0 Å². The summed E-state index contributed by atoms with van der Waals surface area (Å²) in [5.74, 6) is 0.0366. The summed E-state index contributed by atoms with van der Waals surface area (Å²) < 4.78 is 0. The summed E-state index contributed by atoms with van der Waals surface area (Å²) in [6.45, 7) is 4.02. The number of para-hydroxylation sites is 1. The number of hydrogen-bond acceptors (Lipinski definition) is 2. The molecule has 0 atom stereocenters. The van der Waals surface area contributed by atoms with Crippen LogP contribution in [0.2, 0.25) is 5.02 Å². The summed E-state index contributed by atoms with van der Waals surface area (Å²) in [5.41, 5.74) is 0.697. The molecular formula is C16H23ClN2O. The number of nitrogens with one attached hydrogen (secondary N) is 1. The second-order valence-electron chi connectivity index (χ2n) is 5.34. The lowest BCUT2D eigenvalue weighted by Crippen LogP contribution is -2.35. The number of halogens is 1. The van der Waals surface area contributed by atoms with Crippen molar-refractivity contribution in [1.82, 2.24) is 4.90 Å². The van der Waals surface area contributed by atoms with Gasteiger partial charge in [-0.2, -0.15) is 0 Å². The zero-order valence-electron chi connectivity index (χ0n) is 12.1. The molecule has 0 radical (unpaired) electrons. The van der Waals surface area contributed by atoms with Crippen LogP contribution in [0.5, 0.6) is 0 Å². The smallest absolute Gasteiger partial charge is 0.225 e. The minimum absolute atomic E-state index is 0.0366. The molecule has 110 valence electrons. The highest BCUT2D eigenvalue weighted by molar-refractivity contribution is 6.33. The van der Waals surface area contributed by atoms with Crippen LogP contribution in [0.15, 0.2) is 24.3 Å². The van der Waals surface area contributed by atoms with Gasteiger partial charge in [-0.25, -0.2) is 0 Å². The van der Waals surface area contributed by atoms with E-state index in [1.807, 2.05) is 18.2 Å². The number of benzene rings is 1. The van der Waals surface area contributed by atoms with E-state index in [2.05, 4.69) is 17.1 Å². The molecule has 1 aromatic rings. The van der Waals surface area contributed by atoms with Gasteiger partial charge in [0.25, 0.3) is 0 Å². The van der Waals surface area contributed by atoms with Crippen molar-refractivity contribution < 1.29 is 4.79 Å². The van der Waals surface area contributed by atoms with Crippen molar-refractivity contribution >= 4 is 23.2 Å². The summed E-state index contributed by atoms with van der Waals surface area (Å²) in [4.78, 5) is 14.4. The van der Waals surface area contributed by atoms with Crippen molar-refractivity contribution in [3.05, 3.63) is 29.3 Å². The van der Waals surface area contributed by atoms with E-state index in [-0.39, 0.29) is 5.91 Å². The van der Waals surface area contributed by atoms with Crippen LogP contribution in [0.4, 0.5) is 5.69 Å². The van der Waals surface area contributed by atoms with Crippen LogP contribution >= 0.6 is 11.6 Å². The third kappa shape index (κ3) is 4.22. The first-order chi connectivity index (χ1) is 9.70. The fourth-order valence-corrected chi connectivity index (χ4v) is 3.07. The van der Waals surface area contributed by atoms with Gasteiger partial charge >= 0.3 is 0 Å². The number of nitrogens with zero attached hydrogens (tertiary/aromatic N) is 1. The third-order valence-electron chi connectivity index (χ3n) is 4.02. The lowest BCUT2D eigenvalue weighted by atomic mass is 10.2. The maximum absolute atomic E-state index is 12.0. The van der Waals surface area contributed by atoms with E-state index >= 15 is 0 Å². The number of rotatable bonds is 6. The number of carbonyl (C=O) groups excluding carboxylic acids is 1. The lowest BCUT2D eigenvalue weighted by molar-refractivity contribution is -0.116. The van der Waals surface area contributed by atoms with Crippen molar-refractivity contribution in [3.8, 4) is 0 Å². The molecule has 1 aliphatic carbocycles. The van der Waals surface area contributed by atoms with Crippen molar-refractivity contribution in [2.75, 3.05) is 18.4 Å². The molecule has 1 aliphatic rings. The third-order valence-corrected chi connectivity index (χ3v) is 4.35. The summed E-state index contributed by atoms with van der Waals surface area (Å²) in [6.07, 6.45) is 5.73. The van der Waals surface area contributed by atoms with E-state index in [0.29, 0.717) is 23.2 Å². The van der Waals surface area contributed by atoms with Gasteiger partial charge in [-0.05, 0) is 31.5 Å². The summed E-state index contributed by atoms with van der Waals surface area (Å²) in [6, 6.07) is 8.02. The quantitative estimate of drug-likeness (QED) is 0.862. The fraction of sp³-hybridized carbons (Fsp3) is 0.562. The first kappa shape index (κ1) is 15.3. The van der Waals surface area contributed by atoms with Gasteiger partial charge in [0.2, 0.25) is 5.91 Å². The molecule has 0 spiro atoms. The van der Waals surface area contributed by atoms with Crippen LogP contribution < -0.4 is 5.32 Å². The zero-order valence-corrected chi connectivity index (χ0v) is 12.8. The van der Waals surface area contributed by atoms with Gasteiger partial charge in [0.15, 0.2) is 0 Å². The highest BCUT2D eigenvalue weighted by atomic mass is 35.5. The number of carbonyl (C=O) groups is 1. The number of anilines is 1. The number of hydrogen-bond donors (Lipinski definition) is 1. The number of amides is 1. The molecule has 1 aromatic carbocycles. The van der Waals surface area contributed by atoms with Crippen molar-refractivity contribution in [3.63, 3.8) is 0 Å². The second-order valence-corrected chi connectivity index (χ2v) is 5.75. The largest absolute Gasteiger partial charge is 0.325 e. The minimum atomic E-state index is 0.0366. The molecule has 0 unspecified atom stereocenters. The molecule has 0 heterocycles. The van der Waals surface area contributed by atoms with E-state index in [1.165, 1.54) is 25.7 Å². The minimum Gasteiger partial charge on any atom is -0.325 e. The Hall–Kier alpha value is -1.06. The predicted octanol–water partition coefficient (Wildman–Crippen LogP) is 3.93. The van der Waals surface area contributed by atoms with E-state index in [0.717, 1.165) is 13.1 Å². The maximum atomic E-state index is 12.0. The van der Waals surface area contributed by atoms with Crippen molar-refractivity contribution in [2.45, 2.75) is 45.1 Å². The van der Waals surface area contributed by atoms with Gasteiger partial charge in [0, 0.05) is 19.0 Å². The maximum Gasteiger partial charge on any atom is 0.225 e. The van der Waals surface area contributed by atoms with Gasteiger partial charge in [-0.15, -0.1) is 0 Å². The van der Waals surface area contributed by atoms with E-state index in [9.17, 15) is 4.79 Å². The zero-order chi connectivity index (χ0) is 14.4. The first-order valence-electron chi connectivity index (χ1n) is 7.49. The molecule has 20 heavy (non-hydrogen) atoms. The first-order valence-corrected chi connectivity index (χ1v) is 7.87. The molecular weight excluding hydrogens is 272 g/mol. The molecule has 1 fully saturated rings. The molecule has 1 saturated carbocycles. The van der Waals surface area contributed by atoms with Crippen LogP contribution in [0.3, 0.4) is 0 Å². The molecule has 0 saturated heterocycles. The van der Waals surface area contributed by atoms with Crippen LogP contribution in [0.1, 0.15) is 39.0 Å². The molecule has 3 nitrogen and oxygen atoms in total. The predicted molar refractivity (Wildman–Crippen MR) is 84.2 cm³/mol. The van der Waals surface area contributed by atoms with Crippen molar-refractivity contribution in [1.29, 1.82) is 0 Å². The Morgan fingerprint density at radius 3 is 2.70 bits per heavy atom. The standard InChI is InChI=1S/C16H23ClN2O/c1-2-19(13-7-3-4-8-13)12-11-16(20)18-15-10-6-5-9-14(15)17/h5-6,9-10,13H,2-4,7-8,11-12H2,1H3,(H,18,20). The highest BCUT2D eigenvalue weighted by Crippen LogP contribution is 2.24. The van der Waals surface area contributed by atoms with Gasteiger partial charge in [-0.3, -0.25) is 4.79 Å². The summed E-state index contributed by atoms with van der Waals surface area (Å²) in [7, 11) is 0. The average molecular weight is 295 g/mol. The Morgan fingerprint density at radius 2 is 2.05 bits per heavy atom. The topological polar surface area (TPSA) is 32.3 Å². The van der Waals surface area contributed by atoms with Crippen LogP contribution in [0, 0.1) is 0 Å². The average Bonchev–Trinajstić information content (AvgIpc) is 2.96. The van der Waals surface area contributed by atoms with Gasteiger partial charge in [-0.1, -0.05) is 43.5 Å². The Morgan fingerprint density at radius 1 is 1.35 bits per heavy atom. The van der Waals surface area contributed by atoms with Gasteiger partial charge < -0.3 is 10.2 Å². The van der Waals surface area contributed by atoms with E-state index in [1.54, 1.807) is 6.07 Å².